The minimum absolute atomic E-state index is 0.189. The summed E-state index contributed by atoms with van der Waals surface area (Å²) in [6.45, 7) is 14.6. The second-order valence-corrected chi connectivity index (χ2v) is 23.5. The first kappa shape index (κ1) is 57.3. The Hall–Kier alpha value is -9.82. The number of para-hydroxylation sites is 1. The molecule has 0 fully saturated rings. The van der Waals surface area contributed by atoms with Gasteiger partial charge in [0.15, 0.2) is 0 Å². The second-order valence-electron chi connectivity index (χ2n) is 23.5. The molecule has 0 N–H and O–H groups in total. The van der Waals surface area contributed by atoms with E-state index in [-0.39, 0.29) is 10.8 Å². The summed E-state index contributed by atoms with van der Waals surface area (Å²) in [5.74, 6) is 0. The lowest BCUT2D eigenvalue weighted by molar-refractivity contribution is 0.696. The zero-order valence-corrected chi connectivity index (χ0v) is 52.0. The molecule has 5 aliphatic carbocycles. The van der Waals surface area contributed by atoms with Gasteiger partial charge < -0.3 is 4.57 Å². The maximum atomic E-state index is 2.47. The number of allylic oxidation sites excluding steroid dienone is 8. The molecule has 1 heteroatoms. The fourth-order valence-corrected chi connectivity index (χ4v) is 15.0. The van der Waals surface area contributed by atoms with E-state index in [1.54, 1.807) is 0 Å². The van der Waals surface area contributed by atoms with Gasteiger partial charge in [0.05, 0.1) is 21.9 Å². The molecule has 11 aromatic carbocycles. The van der Waals surface area contributed by atoms with Crippen LogP contribution in [0.4, 0.5) is 0 Å². The number of nitrogens with zero attached hydrogens (tertiary/aromatic N) is 1. The molecule has 1 heterocycles. The van der Waals surface area contributed by atoms with Crippen molar-refractivity contribution in [2.45, 2.75) is 85.0 Å². The summed E-state index contributed by atoms with van der Waals surface area (Å²) < 4.78 is 2.47. The van der Waals surface area contributed by atoms with Crippen LogP contribution in [0.3, 0.4) is 0 Å². The lowest BCUT2D eigenvalue weighted by atomic mass is 9.65. The molecule has 12 aromatic rings. The van der Waals surface area contributed by atoms with Crippen LogP contribution >= 0.6 is 0 Å². The van der Waals surface area contributed by atoms with E-state index in [0.29, 0.717) is 0 Å². The summed E-state index contributed by atoms with van der Waals surface area (Å²) in [6, 6.07) is 98.5. The number of benzene rings is 11. The number of hydrogen-bond donors (Lipinski definition) is 0. The predicted octanol–water partition coefficient (Wildman–Crippen LogP) is 23.4. The Morgan fingerprint density at radius 1 is 0.341 bits per heavy atom. The van der Waals surface area contributed by atoms with E-state index in [4.69, 9.17) is 0 Å². The Morgan fingerprint density at radius 3 is 1.50 bits per heavy atom. The predicted molar refractivity (Wildman–Crippen MR) is 377 cm³/mol. The normalized spacial score (nSPS) is 14.6. The summed E-state index contributed by atoms with van der Waals surface area (Å²) >= 11 is 0. The third kappa shape index (κ3) is 9.56. The first-order valence-corrected chi connectivity index (χ1v) is 32.0. The maximum absolute atomic E-state index is 2.47. The summed E-state index contributed by atoms with van der Waals surface area (Å²) in [4.78, 5) is 0. The second kappa shape index (κ2) is 24.5. The van der Waals surface area contributed by atoms with Crippen molar-refractivity contribution in [3.8, 4) is 39.1 Å². The molecular weight excluding hydrogens is 1060 g/mol. The van der Waals surface area contributed by atoms with Crippen LogP contribution in [0.25, 0.3) is 72.0 Å². The van der Waals surface area contributed by atoms with Crippen molar-refractivity contribution >= 4 is 33.0 Å². The molecule has 1 spiro atoms. The lowest BCUT2D eigenvalue weighted by Crippen LogP contribution is -2.30. The minimum Gasteiger partial charge on any atom is -0.309 e. The van der Waals surface area contributed by atoms with Crippen LogP contribution in [0.2, 0.25) is 0 Å². The van der Waals surface area contributed by atoms with Gasteiger partial charge in [0.2, 0.25) is 0 Å². The first-order valence-electron chi connectivity index (χ1n) is 32.0. The number of hydrogen-bond acceptors (Lipinski definition) is 0. The van der Waals surface area contributed by atoms with Crippen molar-refractivity contribution in [1.29, 1.82) is 0 Å². The van der Waals surface area contributed by atoms with E-state index in [0.717, 1.165) is 12.8 Å². The van der Waals surface area contributed by atoms with Crippen molar-refractivity contribution in [1.82, 2.24) is 4.57 Å². The van der Waals surface area contributed by atoms with Gasteiger partial charge in [-0.3, -0.25) is 0 Å². The van der Waals surface area contributed by atoms with Gasteiger partial charge >= 0.3 is 0 Å². The number of rotatable bonds is 5. The highest BCUT2D eigenvalue weighted by Crippen LogP contribution is 2.63. The van der Waals surface area contributed by atoms with Gasteiger partial charge in [-0.2, -0.15) is 0 Å². The maximum Gasteiger partial charge on any atom is 0.0725 e. The third-order valence-electron chi connectivity index (χ3n) is 18.7. The van der Waals surface area contributed by atoms with Crippen molar-refractivity contribution < 1.29 is 0 Å². The highest BCUT2D eigenvalue weighted by molar-refractivity contribution is 6.10. The van der Waals surface area contributed by atoms with Crippen LogP contribution in [0.1, 0.15) is 121 Å². The number of fused-ring (bicyclic) bond motifs is 15. The van der Waals surface area contributed by atoms with E-state index in [1.807, 2.05) is 27.7 Å². The van der Waals surface area contributed by atoms with E-state index in [2.05, 4.69) is 317 Å². The average molecular weight is 1140 g/mol. The van der Waals surface area contributed by atoms with Gasteiger partial charge in [-0.05, 0) is 171 Å². The van der Waals surface area contributed by atoms with Crippen LogP contribution in [-0.4, -0.2) is 4.57 Å². The molecule has 1 nitrogen and oxygen atoms in total. The molecule has 0 saturated heterocycles. The highest BCUT2D eigenvalue weighted by atomic mass is 15.0. The standard InChI is InChI=1S/C44H33N.C26H18.C13H14.2C2H6/c1-30-13-12-14-31(27-30)32-23-25-38-37-20-9-11-22-42(37)45(43(38)28-32)35-24-26-41-39(29-35)36-19-8-10-21-40(36)44(41,33-15-4-2-5-16-33)34-17-6-3-7-18-34;1-17-14-15-21-20-10-4-7-13-24(20)26(25(21)16-17)22-11-5-2-8-18(22)19-9-3-6-12-23(19)26;1-11-7-9-13(10-8-11)12-5-3-2-4-6-12;2*1-2/h2-9,11-20,22-29H,10,21H2,1H3;2-16H,1H3;2-7,9H,8,10H2,1H3;2*1-2H3. The van der Waals surface area contributed by atoms with Gasteiger partial charge in [-0.1, -0.05) is 311 Å². The zero-order valence-electron chi connectivity index (χ0n) is 52.0. The Balaban J connectivity index is 0.000000139. The van der Waals surface area contributed by atoms with Crippen molar-refractivity contribution in [2.24, 2.45) is 0 Å². The van der Waals surface area contributed by atoms with Crippen molar-refractivity contribution in [3.05, 3.63) is 364 Å². The SMILES string of the molecule is CC.CC.CC1=CC=C(c2ccccc2)CC1.Cc1ccc2c(c1)C1(c3ccccc3-c3ccccc31)c1ccccc1-2.Cc1cccc(-c2ccc3c4ccccc4n(-c4ccc5c(c4)C4=C(CCC=C4)C5(c4ccccc4)c4ccccc4)c3c2)c1. The molecular formula is C87H77N. The number of aromatic nitrogens is 1. The fourth-order valence-electron chi connectivity index (χ4n) is 15.0. The van der Waals surface area contributed by atoms with Gasteiger partial charge in [-0.15, -0.1) is 0 Å². The fraction of sp³-hybridized carbons (Fsp3) is 0.149. The van der Waals surface area contributed by atoms with Crippen molar-refractivity contribution in [3.63, 3.8) is 0 Å². The molecule has 0 unspecified atom stereocenters. The minimum atomic E-state index is -0.310. The molecule has 0 amide bonds. The molecule has 1 aromatic heterocycles. The zero-order chi connectivity index (χ0) is 60.4. The van der Waals surface area contributed by atoms with Crippen LogP contribution in [0, 0.1) is 13.8 Å². The van der Waals surface area contributed by atoms with Gasteiger partial charge in [0.25, 0.3) is 0 Å². The molecule has 88 heavy (non-hydrogen) atoms. The van der Waals surface area contributed by atoms with Crippen LogP contribution < -0.4 is 0 Å². The van der Waals surface area contributed by atoms with Crippen LogP contribution in [0.5, 0.6) is 0 Å². The van der Waals surface area contributed by atoms with Gasteiger partial charge in [0.1, 0.15) is 0 Å². The molecule has 430 valence electrons. The third-order valence-corrected chi connectivity index (χ3v) is 18.7. The Labute approximate surface area is 522 Å². The van der Waals surface area contributed by atoms with Crippen molar-refractivity contribution in [2.75, 3.05) is 0 Å². The Kier molecular flexibility index (Phi) is 16.0. The van der Waals surface area contributed by atoms with E-state index in [1.165, 1.54) is 157 Å². The molecule has 0 aliphatic heterocycles. The number of aryl methyl sites for hydroxylation is 2. The summed E-state index contributed by atoms with van der Waals surface area (Å²) in [5, 5.41) is 2.56. The summed E-state index contributed by atoms with van der Waals surface area (Å²) in [7, 11) is 0. The van der Waals surface area contributed by atoms with Crippen LogP contribution in [0.15, 0.2) is 302 Å². The summed E-state index contributed by atoms with van der Waals surface area (Å²) in [6.07, 6.45) is 13.7. The highest BCUT2D eigenvalue weighted by Gasteiger charge is 2.52. The topological polar surface area (TPSA) is 4.93 Å². The van der Waals surface area contributed by atoms with E-state index < -0.39 is 0 Å². The van der Waals surface area contributed by atoms with Gasteiger partial charge in [0, 0.05) is 16.5 Å². The largest absolute Gasteiger partial charge is 0.309 e. The monoisotopic (exact) mass is 1140 g/mol. The average Bonchev–Trinajstić information content (AvgIpc) is 1.62. The first-order chi connectivity index (χ1) is 43.4. The Bertz CT molecular complexity index is 4570. The molecule has 0 atom stereocenters. The quantitative estimate of drug-likeness (QED) is 0.162. The van der Waals surface area contributed by atoms with E-state index in [9.17, 15) is 0 Å². The van der Waals surface area contributed by atoms with E-state index >= 15 is 0 Å². The molecule has 0 saturated carbocycles. The summed E-state index contributed by atoms with van der Waals surface area (Å²) in [5.41, 5.74) is 32.0. The molecule has 5 aliphatic rings. The molecule has 17 rings (SSSR count). The smallest absolute Gasteiger partial charge is 0.0725 e. The van der Waals surface area contributed by atoms with Gasteiger partial charge in [-0.25, -0.2) is 0 Å². The van der Waals surface area contributed by atoms with Crippen LogP contribution in [-0.2, 0) is 10.8 Å². The molecule has 0 radical (unpaired) electrons. The lowest BCUT2D eigenvalue weighted by Gasteiger charge is -2.36. The Morgan fingerprint density at radius 2 is 0.875 bits per heavy atom. The molecule has 0 bridgehead atoms.